The molecule has 0 aliphatic rings. The Morgan fingerprint density at radius 3 is 2.63 bits per heavy atom. The first-order chi connectivity index (χ1) is 9.08. The Balaban J connectivity index is 2.33. The van der Waals surface area contributed by atoms with Gasteiger partial charge in [0.05, 0.1) is 11.1 Å². The highest BCUT2D eigenvalue weighted by Crippen LogP contribution is 2.32. The van der Waals surface area contributed by atoms with Gasteiger partial charge in [-0.05, 0) is 47.0 Å². The van der Waals surface area contributed by atoms with Crippen LogP contribution in [0.1, 0.15) is 11.1 Å². The molecule has 3 rings (SSSR count). The minimum absolute atomic E-state index is 0.940. The van der Waals surface area contributed by atoms with Gasteiger partial charge in [0.1, 0.15) is 12.0 Å². The molecule has 0 amide bonds. The second kappa shape index (κ2) is 4.46. The predicted molar refractivity (Wildman–Crippen MR) is 81.1 cm³/mol. The average Bonchev–Trinajstić information content (AvgIpc) is 2.69. The SMILES string of the molecule is Cc1ccc(-c2ncnc3c2c(Br)cn3C)cc1C. The third-order valence-corrected chi connectivity index (χ3v) is 4.09. The van der Waals surface area contributed by atoms with E-state index in [1.54, 1.807) is 6.33 Å². The van der Waals surface area contributed by atoms with E-state index in [4.69, 9.17) is 0 Å². The van der Waals surface area contributed by atoms with Crippen molar-refractivity contribution < 1.29 is 0 Å². The van der Waals surface area contributed by atoms with Crippen molar-refractivity contribution in [1.29, 1.82) is 0 Å². The van der Waals surface area contributed by atoms with Gasteiger partial charge in [-0.15, -0.1) is 0 Å². The molecule has 4 heteroatoms. The van der Waals surface area contributed by atoms with Crippen LogP contribution in [0.4, 0.5) is 0 Å². The molecule has 0 unspecified atom stereocenters. The summed E-state index contributed by atoms with van der Waals surface area (Å²) in [5, 5.41) is 1.06. The normalized spacial score (nSPS) is 11.2. The molecule has 0 spiro atoms. The summed E-state index contributed by atoms with van der Waals surface area (Å²) in [4.78, 5) is 8.82. The third kappa shape index (κ3) is 1.96. The Kier molecular flexibility index (Phi) is 2.90. The van der Waals surface area contributed by atoms with Gasteiger partial charge in [0.25, 0.3) is 0 Å². The lowest BCUT2D eigenvalue weighted by Crippen LogP contribution is -1.92. The number of aromatic nitrogens is 3. The molecule has 2 aromatic heterocycles. The zero-order valence-electron chi connectivity index (χ0n) is 11.1. The first kappa shape index (κ1) is 12.4. The predicted octanol–water partition coefficient (Wildman–Crippen LogP) is 4.01. The molecule has 96 valence electrons. The molecule has 0 N–H and O–H groups in total. The number of aryl methyl sites for hydroxylation is 3. The first-order valence-electron chi connectivity index (χ1n) is 6.11. The van der Waals surface area contributed by atoms with Gasteiger partial charge in [0.15, 0.2) is 0 Å². The standard InChI is InChI=1S/C15H14BrN3/c1-9-4-5-11(6-10(9)2)14-13-12(16)7-19(3)15(13)18-8-17-14/h4-8H,1-3H3. The molecule has 3 aromatic rings. The molecule has 3 nitrogen and oxygen atoms in total. The fraction of sp³-hybridized carbons (Fsp3) is 0.200. The van der Waals surface area contributed by atoms with Crippen molar-refractivity contribution in [2.45, 2.75) is 13.8 Å². The van der Waals surface area contributed by atoms with Crippen LogP contribution in [0.5, 0.6) is 0 Å². The number of rotatable bonds is 1. The van der Waals surface area contributed by atoms with E-state index in [2.05, 4.69) is 57.9 Å². The van der Waals surface area contributed by atoms with Crippen molar-refractivity contribution in [3.8, 4) is 11.3 Å². The van der Waals surface area contributed by atoms with Crippen molar-refractivity contribution in [1.82, 2.24) is 14.5 Å². The van der Waals surface area contributed by atoms with Gasteiger partial charge >= 0.3 is 0 Å². The van der Waals surface area contributed by atoms with Crippen LogP contribution in [0.2, 0.25) is 0 Å². The summed E-state index contributed by atoms with van der Waals surface area (Å²) >= 11 is 3.60. The Morgan fingerprint density at radius 2 is 1.89 bits per heavy atom. The Bertz CT molecular complexity index is 774. The molecule has 0 bridgehead atoms. The number of hydrogen-bond donors (Lipinski definition) is 0. The van der Waals surface area contributed by atoms with E-state index in [0.717, 1.165) is 26.8 Å². The van der Waals surface area contributed by atoms with Gasteiger partial charge in [-0.3, -0.25) is 0 Å². The van der Waals surface area contributed by atoms with E-state index in [0.29, 0.717) is 0 Å². The van der Waals surface area contributed by atoms with Crippen LogP contribution in [0.3, 0.4) is 0 Å². The van der Waals surface area contributed by atoms with Gasteiger partial charge < -0.3 is 4.57 Å². The number of hydrogen-bond acceptors (Lipinski definition) is 2. The average molecular weight is 316 g/mol. The molecule has 19 heavy (non-hydrogen) atoms. The van der Waals surface area contributed by atoms with Crippen LogP contribution in [-0.2, 0) is 7.05 Å². The van der Waals surface area contributed by atoms with Crippen LogP contribution in [-0.4, -0.2) is 14.5 Å². The van der Waals surface area contributed by atoms with Gasteiger partial charge in [-0.25, -0.2) is 9.97 Å². The lowest BCUT2D eigenvalue weighted by molar-refractivity contribution is 0.942. The Hall–Kier alpha value is -1.68. The van der Waals surface area contributed by atoms with E-state index in [1.807, 2.05) is 17.8 Å². The maximum absolute atomic E-state index is 4.47. The van der Waals surface area contributed by atoms with Crippen molar-refractivity contribution >= 4 is 27.0 Å². The summed E-state index contributed by atoms with van der Waals surface area (Å²) < 4.78 is 3.03. The summed E-state index contributed by atoms with van der Waals surface area (Å²) in [7, 11) is 1.99. The fourth-order valence-electron chi connectivity index (χ4n) is 2.27. The molecular formula is C15H14BrN3. The first-order valence-corrected chi connectivity index (χ1v) is 6.90. The van der Waals surface area contributed by atoms with Crippen LogP contribution < -0.4 is 0 Å². The van der Waals surface area contributed by atoms with Gasteiger partial charge in [-0.2, -0.15) is 0 Å². The minimum Gasteiger partial charge on any atom is -0.334 e. The number of benzene rings is 1. The minimum atomic E-state index is 0.940. The second-order valence-corrected chi connectivity index (χ2v) is 5.66. The molecule has 0 atom stereocenters. The highest BCUT2D eigenvalue weighted by atomic mass is 79.9. The zero-order valence-corrected chi connectivity index (χ0v) is 12.7. The third-order valence-electron chi connectivity index (χ3n) is 3.49. The number of fused-ring (bicyclic) bond motifs is 1. The zero-order chi connectivity index (χ0) is 13.6. The molecule has 0 radical (unpaired) electrons. The molecule has 1 aromatic carbocycles. The fourth-order valence-corrected chi connectivity index (χ4v) is 2.94. The topological polar surface area (TPSA) is 30.7 Å². The van der Waals surface area contributed by atoms with E-state index in [9.17, 15) is 0 Å². The lowest BCUT2D eigenvalue weighted by atomic mass is 10.0. The summed E-state index contributed by atoms with van der Waals surface area (Å²) in [5.41, 5.74) is 5.61. The summed E-state index contributed by atoms with van der Waals surface area (Å²) in [6, 6.07) is 6.43. The number of halogens is 1. The van der Waals surface area contributed by atoms with Crippen molar-refractivity contribution in [2.24, 2.45) is 7.05 Å². The Morgan fingerprint density at radius 1 is 1.11 bits per heavy atom. The highest BCUT2D eigenvalue weighted by molar-refractivity contribution is 9.10. The van der Waals surface area contributed by atoms with Gasteiger partial charge in [-0.1, -0.05) is 12.1 Å². The molecule has 0 aliphatic heterocycles. The maximum atomic E-state index is 4.47. The van der Waals surface area contributed by atoms with E-state index in [-0.39, 0.29) is 0 Å². The van der Waals surface area contributed by atoms with Crippen LogP contribution in [0.25, 0.3) is 22.3 Å². The highest BCUT2D eigenvalue weighted by Gasteiger charge is 2.13. The molecular weight excluding hydrogens is 302 g/mol. The molecule has 0 aliphatic carbocycles. The van der Waals surface area contributed by atoms with Crippen LogP contribution >= 0.6 is 15.9 Å². The molecule has 0 saturated carbocycles. The van der Waals surface area contributed by atoms with Gasteiger partial charge in [0.2, 0.25) is 0 Å². The van der Waals surface area contributed by atoms with Crippen molar-refractivity contribution in [3.63, 3.8) is 0 Å². The molecule has 0 fully saturated rings. The second-order valence-electron chi connectivity index (χ2n) is 4.81. The van der Waals surface area contributed by atoms with Crippen LogP contribution in [0.15, 0.2) is 35.2 Å². The summed E-state index contributed by atoms with van der Waals surface area (Å²) in [6.45, 7) is 4.24. The van der Waals surface area contributed by atoms with Gasteiger partial charge in [0, 0.05) is 23.3 Å². The largest absolute Gasteiger partial charge is 0.334 e. The molecule has 2 heterocycles. The smallest absolute Gasteiger partial charge is 0.144 e. The van der Waals surface area contributed by atoms with E-state index < -0.39 is 0 Å². The number of nitrogens with zero attached hydrogens (tertiary/aromatic N) is 3. The summed E-state index contributed by atoms with van der Waals surface area (Å²) in [6.07, 6.45) is 3.64. The van der Waals surface area contributed by atoms with Crippen LogP contribution in [0, 0.1) is 13.8 Å². The van der Waals surface area contributed by atoms with Crippen molar-refractivity contribution in [2.75, 3.05) is 0 Å². The monoisotopic (exact) mass is 315 g/mol. The van der Waals surface area contributed by atoms with E-state index in [1.165, 1.54) is 11.1 Å². The molecule has 0 saturated heterocycles. The summed E-state index contributed by atoms with van der Waals surface area (Å²) in [5.74, 6) is 0. The van der Waals surface area contributed by atoms with E-state index >= 15 is 0 Å². The lowest BCUT2D eigenvalue weighted by Gasteiger charge is -2.06. The van der Waals surface area contributed by atoms with Crippen molar-refractivity contribution in [3.05, 3.63) is 46.3 Å². The maximum Gasteiger partial charge on any atom is 0.144 e. The quantitative estimate of drug-likeness (QED) is 0.679. The Labute approximate surface area is 120 Å².